The Kier molecular flexibility index (Phi) is 4.55. The van der Waals surface area contributed by atoms with Crippen LogP contribution in [0.2, 0.25) is 5.15 Å². The minimum atomic E-state index is -0.0959. The minimum absolute atomic E-state index is 0.0959. The number of hydrogen-bond acceptors (Lipinski definition) is 4. The van der Waals surface area contributed by atoms with Crippen LogP contribution in [0.1, 0.15) is 38.6 Å². The Bertz CT molecular complexity index is 481. The fraction of sp³-hybridized carbons (Fsp3) is 0.733. The Hall–Kier alpha value is -0.870. The van der Waals surface area contributed by atoms with Crippen molar-refractivity contribution >= 4 is 17.4 Å². The molecule has 1 aromatic heterocycles. The van der Waals surface area contributed by atoms with Crippen molar-refractivity contribution in [2.45, 2.75) is 39.5 Å². The molecule has 5 heteroatoms. The fourth-order valence-corrected chi connectivity index (χ4v) is 2.60. The van der Waals surface area contributed by atoms with E-state index in [0.29, 0.717) is 11.1 Å². The average Bonchev–Trinajstić information content (AvgIpc) is 2.75. The lowest BCUT2D eigenvalue weighted by Crippen LogP contribution is -2.22. The van der Waals surface area contributed by atoms with E-state index in [1.807, 2.05) is 6.92 Å². The van der Waals surface area contributed by atoms with Crippen LogP contribution in [0.15, 0.2) is 0 Å². The molecule has 1 atom stereocenters. The van der Waals surface area contributed by atoms with E-state index in [0.717, 1.165) is 30.3 Å². The van der Waals surface area contributed by atoms with Crippen LogP contribution in [0.3, 0.4) is 0 Å². The van der Waals surface area contributed by atoms with Crippen molar-refractivity contribution in [1.29, 1.82) is 0 Å². The lowest BCUT2D eigenvalue weighted by atomic mass is 9.95. The zero-order valence-electron chi connectivity index (χ0n) is 13.1. The van der Waals surface area contributed by atoms with Gasteiger partial charge in [-0.15, -0.1) is 0 Å². The molecule has 112 valence electrons. The van der Waals surface area contributed by atoms with Crippen molar-refractivity contribution in [3.63, 3.8) is 0 Å². The lowest BCUT2D eigenvalue weighted by molar-refractivity contribution is 0.399. The van der Waals surface area contributed by atoms with E-state index in [2.05, 4.69) is 48.0 Å². The summed E-state index contributed by atoms with van der Waals surface area (Å²) in [7, 11) is 2.17. The van der Waals surface area contributed by atoms with Crippen LogP contribution < -0.4 is 5.32 Å². The van der Waals surface area contributed by atoms with Gasteiger partial charge in [-0.05, 0) is 32.9 Å². The predicted octanol–water partition coefficient (Wildman–Crippen LogP) is 3.10. The first-order valence-corrected chi connectivity index (χ1v) is 7.62. The Morgan fingerprint density at radius 3 is 2.60 bits per heavy atom. The van der Waals surface area contributed by atoms with Gasteiger partial charge in [0.05, 0.1) is 0 Å². The fourth-order valence-electron chi connectivity index (χ4n) is 2.43. The van der Waals surface area contributed by atoms with Crippen LogP contribution in [0.25, 0.3) is 0 Å². The van der Waals surface area contributed by atoms with Gasteiger partial charge in [0, 0.05) is 24.1 Å². The maximum absolute atomic E-state index is 6.24. The largest absolute Gasteiger partial charge is 0.369 e. The van der Waals surface area contributed by atoms with E-state index in [1.54, 1.807) is 0 Å². The van der Waals surface area contributed by atoms with Gasteiger partial charge >= 0.3 is 0 Å². The van der Waals surface area contributed by atoms with Crippen molar-refractivity contribution < 1.29 is 0 Å². The van der Waals surface area contributed by atoms with E-state index < -0.39 is 0 Å². The molecule has 0 saturated carbocycles. The topological polar surface area (TPSA) is 41.1 Å². The maximum atomic E-state index is 6.24. The molecule has 1 aliphatic heterocycles. The van der Waals surface area contributed by atoms with Crippen molar-refractivity contribution in [1.82, 2.24) is 14.9 Å². The van der Waals surface area contributed by atoms with Gasteiger partial charge in [-0.1, -0.05) is 32.4 Å². The molecule has 0 amide bonds. The van der Waals surface area contributed by atoms with Crippen LogP contribution in [-0.4, -0.2) is 41.5 Å². The summed E-state index contributed by atoms with van der Waals surface area (Å²) in [6.45, 7) is 11.6. The monoisotopic (exact) mass is 296 g/mol. The molecule has 2 heterocycles. The number of nitrogens with zero attached hydrogens (tertiary/aromatic N) is 3. The molecule has 1 fully saturated rings. The second-order valence-corrected chi connectivity index (χ2v) is 7.22. The molecule has 1 aliphatic rings. The lowest BCUT2D eigenvalue weighted by Gasteiger charge is -2.20. The molecular weight excluding hydrogens is 272 g/mol. The Labute approximate surface area is 126 Å². The average molecular weight is 297 g/mol. The first-order valence-electron chi connectivity index (χ1n) is 7.24. The second-order valence-electron chi connectivity index (χ2n) is 6.86. The molecule has 4 nitrogen and oxygen atoms in total. The van der Waals surface area contributed by atoms with Crippen LogP contribution >= 0.6 is 11.6 Å². The van der Waals surface area contributed by atoms with Crippen LogP contribution in [0, 0.1) is 12.8 Å². The van der Waals surface area contributed by atoms with Crippen molar-refractivity contribution in [2.75, 3.05) is 32.0 Å². The predicted molar refractivity (Wildman–Crippen MR) is 84.6 cm³/mol. The standard InChI is InChI=1S/C15H25ClN4/c1-10-12(16)18-14(15(2,3)4)19-13(10)17-8-11-6-7-20(5)9-11/h11H,6-9H2,1-5H3,(H,17,18,19). The first-order chi connectivity index (χ1) is 9.27. The number of likely N-dealkylation sites (tertiary alicyclic amines) is 1. The third-order valence-electron chi connectivity index (χ3n) is 3.80. The van der Waals surface area contributed by atoms with E-state index in [9.17, 15) is 0 Å². The summed E-state index contributed by atoms with van der Waals surface area (Å²) >= 11 is 6.24. The van der Waals surface area contributed by atoms with Gasteiger partial charge in [-0.2, -0.15) is 0 Å². The third-order valence-corrected chi connectivity index (χ3v) is 4.17. The Morgan fingerprint density at radius 1 is 1.35 bits per heavy atom. The zero-order valence-corrected chi connectivity index (χ0v) is 13.9. The SMILES string of the molecule is Cc1c(Cl)nc(C(C)(C)C)nc1NCC1CCN(C)C1. The molecule has 0 bridgehead atoms. The quantitative estimate of drug-likeness (QED) is 0.870. The summed E-state index contributed by atoms with van der Waals surface area (Å²) in [6, 6.07) is 0. The molecule has 1 aromatic rings. The first kappa shape index (κ1) is 15.5. The highest BCUT2D eigenvalue weighted by atomic mass is 35.5. The number of halogens is 1. The maximum Gasteiger partial charge on any atom is 0.137 e. The number of nitrogens with one attached hydrogen (secondary N) is 1. The van der Waals surface area contributed by atoms with Gasteiger partial charge in [0.15, 0.2) is 0 Å². The van der Waals surface area contributed by atoms with E-state index in [-0.39, 0.29) is 5.41 Å². The molecular formula is C15H25ClN4. The van der Waals surface area contributed by atoms with Gasteiger partial charge in [-0.25, -0.2) is 9.97 Å². The number of anilines is 1. The molecule has 1 saturated heterocycles. The van der Waals surface area contributed by atoms with Gasteiger partial charge in [0.1, 0.15) is 16.8 Å². The molecule has 0 radical (unpaired) electrons. The zero-order chi connectivity index (χ0) is 14.9. The number of aromatic nitrogens is 2. The highest BCUT2D eigenvalue weighted by Gasteiger charge is 2.22. The molecule has 2 rings (SSSR count). The van der Waals surface area contributed by atoms with Gasteiger partial charge < -0.3 is 10.2 Å². The van der Waals surface area contributed by atoms with Crippen molar-refractivity contribution in [3.8, 4) is 0 Å². The number of rotatable bonds is 3. The molecule has 20 heavy (non-hydrogen) atoms. The summed E-state index contributed by atoms with van der Waals surface area (Å²) in [6.07, 6.45) is 1.24. The summed E-state index contributed by atoms with van der Waals surface area (Å²) in [5, 5.41) is 4.02. The second kappa shape index (κ2) is 5.86. The number of hydrogen-bond donors (Lipinski definition) is 1. The third kappa shape index (κ3) is 3.61. The van der Waals surface area contributed by atoms with Crippen LogP contribution in [-0.2, 0) is 5.41 Å². The van der Waals surface area contributed by atoms with E-state index >= 15 is 0 Å². The normalized spacial score (nSPS) is 20.4. The molecule has 1 N–H and O–H groups in total. The highest BCUT2D eigenvalue weighted by Crippen LogP contribution is 2.26. The minimum Gasteiger partial charge on any atom is -0.369 e. The van der Waals surface area contributed by atoms with Crippen molar-refractivity contribution in [2.24, 2.45) is 5.92 Å². The van der Waals surface area contributed by atoms with Gasteiger partial charge in [-0.3, -0.25) is 0 Å². The van der Waals surface area contributed by atoms with Crippen LogP contribution in [0.4, 0.5) is 5.82 Å². The summed E-state index contributed by atoms with van der Waals surface area (Å²) in [5.74, 6) is 2.36. The van der Waals surface area contributed by atoms with Gasteiger partial charge in [0.25, 0.3) is 0 Å². The highest BCUT2D eigenvalue weighted by molar-refractivity contribution is 6.30. The summed E-state index contributed by atoms with van der Waals surface area (Å²) < 4.78 is 0. The smallest absolute Gasteiger partial charge is 0.137 e. The molecule has 0 aromatic carbocycles. The summed E-state index contributed by atoms with van der Waals surface area (Å²) in [5.41, 5.74) is 0.840. The Morgan fingerprint density at radius 2 is 2.05 bits per heavy atom. The van der Waals surface area contributed by atoms with Crippen molar-refractivity contribution in [3.05, 3.63) is 16.5 Å². The molecule has 0 spiro atoms. The van der Waals surface area contributed by atoms with Crippen LogP contribution in [0.5, 0.6) is 0 Å². The Balaban J connectivity index is 2.12. The van der Waals surface area contributed by atoms with E-state index in [1.165, 1.54) is 13.0 Å². The van der Waals surface area contributed by atoms with Gasteiger partial charge in [0.2, 0.25) is 0 Å². The molecule has 1 unspecified atom stereocenters. The summed E-state index contributed by atoms with van der Waals surface area (Å²) in [4.78, 5) is 11.4. The molecule has 0 aliphatic carbocycles. The van der Waals surface area contributed by atoms with E-state index in [4.69, 9.17) is 11.6 Å².